The number of hydrogen-bond acceptors (Lipinski definition) is 8. The molecule has 2 amide bonds. The number of nitrogens with zero attached hydrogens (tertiary/aromatic N) is 1. The first-order valence-electron chi connectivity index (χ1n) is 8.72. The maximum Gasteiger partial charge on any atom is 0.341 e. The molecule has 9 nitrogen and oxygen atoms in total. The van der Waals surface area contributed by atoms with Crippen LogP contribution in [0.4, 0.5) is 5.00 Å². The van der Waals surface area contributed by atoms with Crippen LogP contribution in [0.25, 0.3) is 0 Å². The number of carbonyl (C=O) groups is 3. The molecule has 0 fully saturated rings. The van der Waals surface area contributed by atoms with Gasteiger partial charge in [0, 0.05) is 16.5 Å². The van der Waals surface area contributed by atoms with Crippen molar-refractivity contribution in [1.82, 2.24) is 5.43 Å². The molecule has 4 N–H and O–H groups in total. The van der Waals surface area contributed by atoms with Crippen LogP contribution < -0.4 is 10.7 Å². The zero-order valence-corrected chi connectivity index (χ0v) is 16.6. The van der Waals surface area contributed by atoms with Crippen molar-refractivity contribution in [2.45, 2.75) is 26.2 Å². The van der Waals surface area contributed by atoms with Crippen LogP contribution in [0.15, 0.2) is 23.3 Å². The first-order chi connectivity index (χ1) is 13.8. The third-order valence-corrected chi connectivity index (χ3v) is 5.65. The summed E-state index contributed by atoms with van der Waals surface area (Å²) in [6, 6.07) is 3.91. The van der Waals surface area contributed by atoms with Gasteiger partial charge in [0.25, 0.3) is 0 Å². The van der Waals surface area contributed by atoms with Crippen molar-refractivity contribution in [2.24, 2.45) is 5.10 Å². The Morgan fingerprint density at radius 3 is 2.62 bits per heavy atom. The molecular weight excluding hydrogens is 398 g/mol. The predicted octanol–water partition coefficient (Wildman–Crippen LogP) is 1.91. The average Bonchev–Trinajstić information content (AvgIpc) is 3.25. The molecule has 0 unspecified atom stereocenters. The van der Waals surface area contributed by atoms with Crippen LogP contribution in [0.1, 0.15) is 39.7 Å². The summed E-state index contributed by atoms with van der Waals surface area (Å²) in [6.07, 6.45) is 2.46. The SMILES string of the molecule is COC(=O)c1c(NC(=O)C(=O)N/N=C(\C)c2ccc(O)cc2O)sc2c1CCC2. The van der Waals surface area contributed by atoms with E-state index in [0.717, 1.165) is 35.8 Å². The molecule has 0 spiro atoms. The summed E-state index contributed by atoms with van der Waals surface area (Å²) in [5.74, 6) is -2.92. The number of amides is 2. The van der Waals surface area contributed by atoms with Crippen molar-refractivity contribution < 1.29 is 29.3 Å². The molecule has 0 bridgehead atoms. The van der Waals surface area contributed by atoms with Crippen molar-refractivity contribution in [2.75, 3.05) is 12.4 Å². The molecule has 29 heavy (non-hydrogen) atoms. The number of nitrogens with one attached hydrogen (secondary N) is 2. The first kappa shape index (κ1) is 20.3. The minimum atomic E-state index is -1.04. The molecule has 1 heterocycles. The summed E-state index contributed by atoms with van der Waals surface area (Å²) in [5.41, 5.74) is 3.77. The molecule has 1 aromatic carbocycles. The highest BCUT2D eigenvalue weighted by molar-refractivity contribution is 7.17. The van der Waals surface area contributed by atoms with E-state index >= 15 is 0 Å². The third-order valence-electron chi connectivity index (χ3n) is 4.44. The fourth-order valence-corrected chi connectivity index (χ4v) is 4.31. The molecule has 1 aromatic heterocycles. The molecule has 0 atom stereocenters. The number of anilines is 1. The summed E-state index contributed by atoms with van der Waals surface area (Å²) in [6.45, 7) is 1.52. The van der Waals surface area contributed by atoms with Gasteiger partial charge in [-0.25, -0.2) is 10.2 Å². The summed E-state index contributed by atoms with van der Waals surface area (Å²) in [5, 5.41) is 25.7. The number of hydrazone groups is 1. The van der Waals surface area contributed by atoms with Gasteiger partial charge in [-0.15, -0.1) is 11.3 Å². The molecule has 0 saturated carbocycles. The summed E-state index contributed by atoms with van der Waals surface area (Å²) >= 11 is 1.26. The predicted molar refractivity (Wildman–Crippen MR) is 106 cm³/mol. The Balaban J connectivity index is 1.72. The van der Waals surface area contributed by atoms with E-state index in [9.17, 15) is 24.6 Å². The van der Waals surface area contributed by atoms with Crippen molar-refractivity contribution in [3.05, 3.63) is 39.8 Å². The van der Waals surface area contributed by atoms with Gasteiger partial charge in [-0.1, -0.05) is 0 Å². The molecule has 10 heteroatoms. The smallest absolute Gasteiger partial charge is 0.341 e. The van der Waals surface area contributed by atoms with Gasteiger partial charge in [0.05, 0.1) is 18.4 Å². The number of thiophene rings is 1. The number of phenols is 2. The number of phenolic OH excluding ortho intramolecular Hbond substituents is 2. The number of aromatic hydroxyl groups is 2. The molecule has 0 radical (unpaired) electrons. The second kappa shape index (κ2) is 8.31. The van der Waals surface area contributed by atoms with Gasteiger partial charge in [0.2, 0.25) is 0 Å². The number of aryl methyl sites for hydroxylation is 1. The van der Waals surface area contributed by atoms with E-state index in [1.807, 2.05) is 0 Å². The van der Waals surface area contributed by atoms with Gasteiger partial charge in [-0.3, -0.25) is 9.59 Å². The van der Waals surface area contributed by atoms with Gasteiger partial charge < -0.3 is 20.3 Å². The van der Waals surface area contributed by atoms with Gasteiger partial charge in [-0.05, 0) is 43.9 Å². The number of benzene rings is 1. The fraction of sp³-hybridized carbons (Fsp3) is 0.263. The van der Waals surface area contributed by atoms with Crippen LogP contribution >= 0.6 is 11.3 Å². The van der Waals surface area contributed by atoms with Crippen molar-refractivity contribution in [3.8, 4) is 11.5 Å². The van der Waals surface area contributed by atoms with Crippen LogP contribution in [0.2, 0.25) is 0 Å². The van der Waals surface area contributed by atoms with E-state index in [4.69, 9.17) is 4.74 Å². The van der Waals surface area contributed by atoms with Gasteiger partial charge in [0.1, 0.15) is 16.5 Å². The zero-order chi connectivity index (χ0) is 21.1. The lowest BCUT2D eigenvalue weighted by Crippen LogP contribution is -2.33. The number of methoxy groups -OCH3 is 1. The van der Waals surface area contributed by atoms with Gasteiger partial charge >= 0.3 is 17.8 Å². The van der Waals surface area contributed by atoms with Crippen LogP contribution in [0.5, 0.6) is 11.5 Å². The largest absolute Gasteiger partial charge is 0.508 e. The Morgan fingerprint density at radius 2 is 1.93 bits per heavy atom. The standard InChI is InChI=1S/C19H19N3O6S/c1-9(11-7-6-10(23)8-13(11)24)21-22-17(26)16(25)20-18-15(19(27)28-2)12-4-3-5-14(12)29-18/h6-8,23-24H,3-5H2,1-2H3,(H,20,25)(H,22,26)/b21-9+. The minimum Gasteiger partial charge on any atom is -0.508 e. The minimum absolute atomic E-state index is 0.119. The Kier molecular flexibility index (Phi) is 5.83. The Labute approximate surface area is 170 Å². The molecular formula is C19H19N3O6S. The van der Waals surface area contributed by atoms with Crippen molar-refractivity contribution in [3.63, 3.8) is 0 Å². The fourth-order valence-electron chi connectivity index (χ4n) is 3.04. The Hall–Kier alpha value is -3.40. The highest BCUT2D eigenvalue weighted by Crippen LogP contribution is 2.39. The van der Waals surface area contributed by atoms with Gasteiger partial charge in [-0.2, -0.15) is 5.10 Å². The lowest BCUT2D eigenvalue weighted by Gasteiger charge is -2.07. The molecule has 0 aliphatic heterocycles. The second-order valence-electron chi connectivity index (χ2n) is 6.35. The zero-order valence-electron chi connectivity index (χ0n) is 15.7. The van der Waals surface area contributed by atoms with E-state index in [1.54, 1.807) is 0 Å². The number of ether oxygens (including phenoxy) is 1. The molecule has 2 aromatic rings. The molecule has 3 rings (SSSR count). The van der Waals surface area contributed by atoms with Crippen molar-refractivity contribution >= 4 is 39.8 Å². The summed E-state index contributed by atoms with van der Waals surface area (Å²) in [7, 11) is 1.26. The van der Waals surface area contributed by atoms with E-state index in [2.05, 4.69) is 15.8 Å². The van der Waals surface area contributed by atoms with E-state index in [-0.39, 0.29) is 27.8 Å². The van der Waals surface area contributed by atoms with E-state index in [0.29, 0.717) is 5.56 Å². The summed E-state index contributed by atoms with van der Waals surface area (Å²) < 4.78 is 4.80. The number of fused-ring (bicyclic) bond motifs is 1. The normalized spacial score (nSPS) is 13.0. The highest BCUT2D eigenvalue weighted by atomic mass is 32.1. The number of carbonyl (C=O) groups excluding carboxylic acids is 3. The van der Waals surface area contributed by atoms with E-state index in [1.165, 1.54) is 37.5 Å². The lowest BCUT2D eigenvalue weighted by molar-refractivity contribution is -0.136. The number of hydrogen-bond donors (Lipinski definition) is 4. The quantitative estimate of drug-likeness (QED) is 0.260. The van der Waals surface area contributed by atoms with Crippen LogP contribution in [0, 0.1) is 0 Å². The van der Waals surface area contributed by atoms with Crippen LogP contribution in [0.3, 0.4) is 0 Å². The average molecular weight is 417 g/mol. The maximum atomic E-state index is 12.2. The van der Waals surface area contributed by atoms with Crippen molar-refractivity contribution in [1.29, 1.82) is 0 Å². The highest BCUT2D eigenvalue weighted by Gasteiger charge is 2.29. The topological polar surface area (TPSA) is 137 Å². The second-order valence-corrected chi connectivity index (χ2v) is 7.45. The van der Waals surface area contributed by atoms with Gasteiger partial charge in [0.15, 0.2) is 0 Å². The van der Waals surface area contributed by atoms with E-state index < -0.39 is 17.8 Å². The first-order valence-corrected chi connectivity index (χ1v) is 9.54. The molecule has 152 valence electrons. The Morgan fingerprint density at radius 1 is 1.17 bits per heavy atom. The number of rotatable bonds is 4. The molecule has 1 aliphatic carbocycles. The molecule has 0 saturated heterocycles. The maximum absolute atomic E-state index is 12.2. The monoisotopic (exact) mass is 417 g/mol. The summed E-state index contributed by atoms with van der Waals surface area (Å²) in [4.78, 5) is 37.4. The van der Waals surface area contributed by atoms with Crippen LogP contribution in [-0.2, 0) is 27.2 Å². The third kappa shape index (κ3) is 4.21. The molecule has 1 aliphatic rings. The Bertz CT molecular complexity index is 1030. The lowest BCUT2D eigenvalue weighted by atomic mass is 10.1. The number of esters is 1. The van der Waals surface area contributed by atoms with Crippen LogP contribution in [-0.4, -0.2) is 40.8 Å².